The van der Waals surface area contributed by atoms with Crippen LogP contribution in [0.25, 0.3) is 0 Å². The summed E-state index contributed by atoms with van der Waals surface area (Å²) in [5.74, 6) is 0.565. The number of anilines is 1. The summed E-state index contributed by atoms with van der Waals surface area (Å²) in [6, 6.07) is 16.8. The summed E-state index contributed by atoms with van der Waals surface area (Å²) in [7, 11) is 1.91. The first-order valence-corrected chi connectivity index (χ1v) is 10.7. The van der Waals surface area contributed by atoms with Gasteiger partial charge in [0.25, 0.3) is 0 Å². The third-order valence-corrected chi connectivity index (χ3v) is 5.44. The molecule has 0 radical (unpaired) electrons. The Balaban J connectivity index is 1.49. The number of carbonyl (C=O) groups is 2. The van der Waals surface area contributed by atoms with Crippen LogP contribution >= 0.6 is 11.8 Å². The summed E-state index contributed by atoms with van der Waals surface area (Å²) in [6.07, 6.45) is 1.67. The fourth-order valence-corrected chi connectivity index (χ4v) is 3.55. The van der Waals surface area contributed by atoms with E-state index in [1.807, 2.05) is 29.8 Å². The summed E-state index contributed by atoms with van der Waals surface area (Å²) in [4.78, 5) is 23.9. The van der Waals surface area contributed by atoms with Gasteiger partial charge in [0.05, 0.1) is 17.9 Å². The molecular formula is C22H24N4O3S. The van der Waals surface area contributed by atoms with Gasteiger partial charge in [0.2, 0.25) is 5.91 Å². The highest BCUT2D eigenvalue weighted by Gasteiger charge is 2.12. The monoisotopic (exact) mass is 424 g/mol. The predicted octanol–water partition coefficient (Wildman–Crippen LogP) is 3.51. The quantitative estimate of drug-likeness (QED) is 0.418. The molecule has 1 heterocycles. The Hall–Kier alpha value is -3.13. The van der Waals surface area contributed by atoms with Crippen molar-refractivity contribution >= 4 is 29.3 Å². The summed E-state index contributed by atoms with van der Waals surface area (Å²) in [6.45, 7) is 2.08. The first-order valence-electron chi connectivity index (χ1n) is 9.69. The highest BCUT2D eigenvalue weighted by molar-refractivity contribution is 7.99. The van der Waals surface area contributed by atoms with E-state index in [0.717, 1.165) is 18.7 Å². The molecule has 3 aromatic rings. The van der Waals surface area contributed by atoms with Gasteiger partial charge in [-0.1, -0.05) is 42.1 Å². The Morgan fingerprint density at radius 1 is 1.03 bits per heavy atom. The zero-order valence-corrected chi connectivity index (χ0v) is 17.8. The minimum absolute atomic E-state index is 0.155. The molecule has 30 heavy (non-hydrogen) atoms. The Bertz CT molecular complexity index is 987. The number of esters is 1. The molecule has 0 saturated heterocycles. The fraction of sp³-hybridized carbons (Fsp3) is 0.273. The standard InChI is InChI=1S/C22H24N4O3S/c1-3-29-21(28)17-10-12-18(13-11-17)23-20(27)15-30-22-25-24-19(26(22)2)14-9-16-7-5-4-6-8-16/h4-8,10-13H,3,9,14-15H2,1-2H3,(H,23,27). The topological polar surface area (TPSA) is 86.1 Å². The first kappa shape index (κ1) is 21.6. The van der Waals surface area contributed by atoms with Crippen molar-refractivity contribution in [3.05, 3.63) is 71.5 Å². The molecule has 3 rings (SSSR count). The molecule has 0 atom stereocenters. The lowest BCUT2D eigenvalue weighted by Gasteiger charge is -2.07. The molecule has 0 aliphatic rings. The lowest BCUT2D eigenvalue weighted by Crippen LogP contribution is -2.14. The Labute approximate surface area is 179 Å². The minimum Gasteiger partial charge on any atom is -0.462 e. The van der Waals surface area contributed by atoms with Crippen LogP contribution in [-0.4, -0.2) is 39.0 Å². The summed E-state index contributed by atoms with van der Waals surface area (Å²) in [5.41, 5.74) is 2.32. The first-order chi connectivity index (χ1) is 14.6. The molecule has 0 aliphatic heterocycles. The highest BCUT2D eigenvalue weighted by atomic mass is 32.2. The van der Waals surface area contributed by atoms with E-state index < -0.39 is 0 Å². The van der Waals surface area contributed by atoms with Gasteiger partial charge in [-0.3, -0.25) is 4.79 Å². The summed E-state index contributed by atoms with van der Waals surface area (Å²) in [5, 5.41) is 12.0. The molecule has 0 fully saturated rings. The molecular weight excluding hydrogens is 400 g/mol. The van der Waals surface area contributed by atoms with E-state index in [-0.39, 0.29) is 17.6 Å². The smallest absolute Gasteiger partial charge is 0.338 e. The number of aromatic nitrogens is 3. The van der Waals surface area contributed by atoms with Crippen molar-refractivity contribution in [3.63, 3.8) is 0 Å². The van der Waals surface area contributed by atoms with E-state index in [1.165, 1.54) is 17.3 Å². The van der Waals surface area contributed by atoms with Crippen LogP contribution in [0.4, 0.5) is 5.69 Å². The molecule has 0 saturated carbocycles. The van der Waals surface area contributed by atoms with Crippen LogP contribution in [-0.2, 0) is 29.4 Å². The third kappa shape index (κ3) is 5.93. The lowest BCUT2D eigenvalue weighted by molar-refractivity contribution is -0.113. The second kappa shape index (κ2) is 10.6. The van der Waals surface area contributed by atoms with Gasteiger partial charge < -0.3 is 14.6 Å². The Morgan fingerprint density at radius 3 is 2.47 bits per heavy atom. The van der Waals surface area contributed by atoms with Crippen LogP contribution < -0.4 is 5.32 Å². The van der Waals surface area contributed by atoms with Crippen molar-refractivity contribution in [1.82, 2.24) is 14.8 Å². The highest BCUT2D eigenvalue weighted by Crippen LogP contribution is 2.18. The van der Waals surface area contributed by atoms with Gasteiger partial charge in [-0.05, 0) is 43.2 Å². The van der Waals surface area contributed by atoms with Crippen molar-refractivity contribution < 1.29 is 14.3 Å². The van der Waals surface area contributed by atoms with Gasteiger partial charge in [0.15, 0.2) is 5.16 Å². The van der Waals surface area contributed by atoms with Gasteiger partial charge in [-0.2, -0.15) is 0 Å². The molecule has 1 aromatic heterocycles. The maximum atomic E-state index is 12.3. The molecule has 1 amide bonds. The van der Waals surface area contributed by atoms with Gasteiger partial charge >= 0.3 is 5.97 Å². The largest absolute Gasteiger partial charge is 0.462 e. The number of hydrogen-bond acceptors (Lipinski definition) is 6. The van der Waals surface area contributed by atoms with E-state index in [0.29, 0.717) is 23.0 Å². The average Bonchev–Trinajstić information content (AvgIpc) is 3.11. The number of rotatable bonds is 9. The van der Waals surface area contributed by atoms with Crippen molar-refractivity contribution in [3.8, 4) is 0 Å². The Kier molecular flexibility index (Phi) is 7.62. The molecule has 7 nitrogen and oxygen atoms in total. The number of benzene rings is 2. The number of hydrogen-bond donors (Lipinski definition) is 1. The van der Waals surface area contributed by atoms with Gasteiger partial charge in [0, 0.05) is 19.2 Å². The van der Waals surface area contributed by atoms with Crippen LogP contribution in [0.1, 0.15) is 28.7 Å². The predicted molar refractivity (Wildman–Crippen MR) is 117 cm³/mol. The lowest BCUT2D eigenvalue weighted by atomic mass is 10.1. The zero-order chi connectivity index (χ0) is 21.3. The number of carbonyl (C=O) groups excluding carboxylic acids is 2. The zero-order valence-electron chi connectivity index (χ0n) is 17.0. The van der Waals surface area contributed by atoms with Crippen LogP contribution in [0.2, 0.25) is 0 Å². The number of nitrogens with one attached hydrogen (secondary N) is 1. The van der Waals surface area contributed by atoms with Crippen LogP contribution in [0.15, 0.2) is 59.8 Å². The number of thioether (sulfide) groups is 1. The van der Waals surface area contributed by atoms with Crippen molar-refractivity contribution in [2.75, 3.05) is 17.7 Å². The normalized spacial score (nSPS) is 10.6. The molecule has 1 N–H and O–H groups in total. The average molecular weight is 425 g/mol. The fourth-order valence-electron chi connectivity index (χ4n) is 2.82. The molecule has 156 valence electrons. The maximum absolute atomic E-state index is 12.3. The van der Waals surface area contributed by atoms with Gasteiger partial charge in [-0.15, -0.1) is 10.2 Å². The van der Waals surface area contributed by atoms with E-state index in [9.17, 15) is 9.59 Å². The minimum atomic E-state index is -0.378. The molecule has 0 unspecified atom stereocenters. The number of aryl methyl sites for hydroxylation is 2. The summed E-state index contributed by atoms with van der Waals surface area (Å²) >= 11 is 1.33. The Morgan fingerprint density at radius 2 is 1.77 bits per heavy atom. The van der Waals surface area contributed by atoms with Crippen LogP contribution in [0.3, 0.4) is 0 Å². The molecule has 0 aliphatic carbocycles. The van der Waals surface area contributed by atoms with E-state index in [1.54, 1.807) is 31.2 Å². The van der Waals surface area contributed by atoms with Crippen LogP contribution in [0, 0.1) is 0 Å². The van der Waals surface area contributed by atoms with Crippen molar-refractivity contribution in [1.29, 1.82) is 0 Å². The molecule has 8 heteroatoms. The van der Waals surface area contributed by atoms with E-state index >= 15 is 0 Å². The maximum Gasteiger partial charge on any atom is 0.338 e. The van der Waals surface area contributed by atoms with Gasteiger partial charge in [-0.25, -0.2) is 4.79 Å². The number of ether oxygens (including phenoxy) is 1. The molecule has 0 spiro atoms. The number of amides is 1. The molecule has 0 bridgehead atoms. The van der Waals surface area contributed by atoms with Crippen molar-refractivity contribution in [2.45, 2.75) is 24.9 Å². The SMILES string of the molecule is CCOC(=O)c1ccc(NC(=O)CSc2nnc(CCc3ccccc3)n2C)cc1. The summed E-state index contributed by atoms with van der Waals surface area (Å²) < 4.78 is 6.87. The third-order valence-electron chi connectivity index (χ3n) is 4.42. The second-order valence-corrected chi connectivity index (χ2v) is 7.52. The second-order valence-electron chi connectivity index (χ2n) is 6.58. The van der Waals surface area contributed by atoms with E-state index in [4.69, 9.17) is 4.74 Å². The van der Waals surface area contributed by atoms with Gasteiger partial charge in [0.1, 0.15) is 5.82 Å². The molecule has 2 aromatic carbocycles. The van der Waals surface area contributed by atoms with Crippen molar-refractivity contribution in [2.24, 2.45) is 7.05 Å². The van der Waals surface area contributed by atoms with E-state index in [2.05, 4.69) is 27.6 Å². The number of nitrogens with zero attached hydrogens (tertiary/aromatic N) is 3. The van der Waals surface area contributed by atoms with Crippen LogP contribution in [0.5, 0.6) is 0 Å².